The van der Waals surface area contributed by atoms with Gasteiger partial charge < -0.3 is 4.90 Å². The fraction of sp³-hybridized carbons (Fsp3) is 0.667. The second-order valence-electron chi connectivity index (χ2n) is 8.96. The third-order valence-corrected chi connectivity index (χ3v) is 7.66. The Bertz CT molecular complexity index is 641. The van der Waals surface area contributed by atoms with Crippen molar-refractivity contribution in [2.24, 2.45) is 17.3 Å². The molecule has 2 nitrogen and oxygen atoms in total. The lowest BCUT2D eigenvalue weighted by atomic mass is 9.48. The predicted molar refractivity (Wildman–Crippen MR) is 101 cm³/mol. The van der Waals surface area contributed by atoms with Gasteiger partial charge in [-0.3, -0.25) is 4.79 Å². The minimum absolute atomic E-state index is 0.269. The van der Waals surface area contributed by atoms with E-state index in [4.69, 9.17) is 0 Å². The molecule has 1 aromatic rings. The van der Waals surface area contributed by atoms with E-state index in [1.807, 2.05) is 11.9 Å². The van der Waals surface area contributed by atoms with Crippen LogP contribution in [0.1, 0.15) is 56.1 Å². The van der Waals surface area contributed by atoms with Gasteiger partial charge in [0.05, 0.1) is 0 Å². The fourth-order valence-corrected chi connectivity index (χ4v) is 7.64. The molecule has 4 aliphatic carbocycles. The summed E-state index contributed by atoms with van der Waals surface area (Å²) in [5.41, 5.74) is 2.80. The molecule has 1 amide bonds. The summed E-state index contributed by atoms with van der Waals surface area (Å²) in [6, 6.07) is 8.39. The molecule has 0 radical (unpaired) electrons. The molecule has 3 heteroatoms. The van der Waals surface area contributed by atoms with Crippen LogP contribution >= 0.6 is 15.9 Å². The van der Waals surface area contributed by atoms with Gasteiger partial charge in [-0.05, 0) is 73.8 Å². The van der Waals surface area contributed by atoms with E-state index < -0.39 is 0 Å². The summed E-state index contributed by atoms with van der Waals surface area (Å²) in [6.45, 7) is 2.86. The van der Waals surface area contributed by atoms with Crippen LogP contribution in [0.4, 0.5) is 0 Å². The van der Waals surface area contributed by atoms with Gasteiger partial charge in [0, 0.05) is 24.3 Å². The second-order valence-corrected chi connectivity index (χ2v) is 10.6. The van der Waals surface area contributed by atoms with Crippen LogP contribution in [0.2, 0.25) is 0 Å². The SMILES string of the molecule is Cc1ccccc1CN(C)C(=O)CC12CC3CC(CC(Br)(C3)C1)C2. The zero-order chi connectivity index (χ0) is 16.9. The van der Waals surface area contributed by atoms with Crippen LogP contribution in [0.5, 0.6) is 0 Å². The normalized spacial score (nSPS) is 36.8. The zero-order valence-electron chi connectivity index (χ0n) is 14.9. The van der Waals surface area contributed by atoms with Crippen LogP contribution < -0.4 is 0 Å². The number of nitrogens with zero attached hydrogens (tertiary/aromatic N) is 1. The van der Waals surface area contributed by atoms with Gasteiger partial charge in [-0.25, -0.2) is 0 Å². The van der Waals surface area contributed by atoms with Crippen LogP contribution in [-0.2, 0) is 11.3 Å². The van der Waals surface area contributed by atoms with Crippen molar-refractivity contribution in [3.8, 4) is 0 Å². The molecule has 4 fully saturated rings. The predicted octanol–water partition coefficient (Wildman–Crippen LogP) is 5.08. The Kier molecular flexibility index (Phi) is 4.06. The van der Waals surface area contributed by atoms with Crippen LogP contribution in [0.3, 0.4) is 0 Å². The topological polar surface area (TPSA) is 20.3 Å². The Balaban J connectivity index is 1.45. The van der Waals surface area contributed by atoms with Crippen molar-refractivity contribution in [1.82, 2.24) is 4.90 Å². The molecule has 0 aromatic heterocycles. The van der Waals surface area contributed by atoms with Crippen LogP contribution in [0.15, 0.2) is 24.3 Å². The molecule has 24 heavy (non-hydrogen) atoms. The van der Waals surface area contributed by atoms with Gasteiger partial charge in [-0.15, -0.1) is 0 Å². The monoisotopic (exact) mass is 389 g/mol. The number of carbonyl (C=O) groups excluding carboxylic acids is 1. The molecule has 0 N–H and O–H groups in total. The maximum atomic E-state index is 13.0. The number of benzene rings is 1. The molecule has 2 atom stereocenters. The number of aryl methyl sites for hydroxylation is 1. The molecule has 0 heterocycles. The van der Waals surface area contributed by atoms with Gasteiger partial charge in [-0.1, -0.05) is 40.2 Å². The maximum absolute atomic E-state index is 13.0. The highest BCUT2D eigenvalue weighted by Crippen LogP contribution is 2.65. The van der Waals surface area contributed by atoms with Crippen molar-refractivity contribution in [2.45, 2.75) is 62.7 Å². The van der Waals surface area contributed by atoms with E-state index in [1.54, 1.807) is 0 Å². The summed E-state index contributed by atoms with van der Waals surface area (Å²) in [5, 5.41) is 0. The lowest BCUT2D eigenvalue weighted by Crippen LogP contribution is -2.54. The Labute approximate surface area is 154 Å². The fourth-order valence-electron chi connectivity index (χ4n) is 6.13. The number of halogens is 1. The van der Waals surface area contributed by atoms with Crippen molar-refractivity contribution in [3.05, 3.63) is 35.4 Å². The summed E-state index contributed by atoms with van der Waals surface area (Å²) in [7, 11) is 1.97. The van der Waals surface area contributed by atoms with Crippen molar-refractivity contribution >= 4 is 21.8 Å². The average Bonchev–Trinajstić information content (AvgIpc) is 2.46. The third-order valence-electron chi connectivity index (χ3n) is 6.73. The first-order valence-electron chi connectivity index (χ1n) is 9.34. The van der Waals surface area contributed by atoms with E-state index in [-0.39, 0.29) is 5.41 Å². The lowest BCUT2D eigenvalue weighted by molar-refractivity contribution is -0.137. The summed E-state index contributed by atoms with van der Waals surface area (Å²) < 4.78 is 0.339. The highest BCUT2D eigenvalue weighted by atomic mass is 79.9. The zero-order valence-corrected chi connectivity index (χ0v) is 16.4. The molecule has 0 spiro atoms. The van der Waals surface area contributed by atoms with E-state index >= 15 is 0 Å². The van der Waals surface area contributed by atoms with Gasteiger partial charge in [0.25, 0.3) is 0 Å². The first-order valence-corrected chi connectivity index (χ1v) is 10.1. The first-order chi connectivity index (χ1) is 11.4. The van der Waals surface area contributed by atoms with Crippen molar-refractivity contribution in [1.29, 1.82) is 0 Å². The maximum Gasteiger partial charge on any atom is 0.223 e. The largest absolute Gasteiger partial charge is 0.341 e. The van der Waals surface area contributed by atoms with Crippen molar-refractivity contribution in [2.75, 3.05) is 7.05 Å². The quantitative estimate of drug-likeness (QED) is 0.657. The smallest absolute Gasteiger partial charge is 0.223 e. The minimum atomic E-state index is 0.269. The molecule has 0 aliphatic heterocycles. The Morgan fingerprint density at radius 1 is 1.21 bits per heavy atom. The van der Waals surface area contributed by atoms with E-state index in [2.05, 4.69) is 47.1 Å². The standard InChI is InChI=1S/C21H28BrNO/c1-15-5-3-4-6-18(15)13-23(2)19(24)12-20-8-16-7-17(9-20)11-21(22,10-16)14-20/h3-6,16-17H,7-14H2,1-2H3. The number of amides is 1. The number of alkyl halides is 1. The van der Waals surface area contributed by atoms with E-state index in [9.17, 15) is 4.79 Å². The number of hydrogen-bond acceptors (Lipinski definition) is 1. The summed E-state index contributed by atoms with van der Waals surface area (Å²) >= 11 is 4.06. The number of carbonyl (C=O) groups is 1. The van der Waals surface area contributed by atoms with Gasteiger partial charge in [0.2, 0.25) is 5.91 Å². The summed E-state index contributed by atoms with van der Waals surface area (Å²) in [6.07, 6.45) is 8.58. The van der Waals surface area contributed by atoms with Gasteiger partial charge in [0.15, 0.2) is 0 Å². The second kappa shape index (κ2) is 5.86. The molecule has 4 aliphatic rings. The Morgan fingerprint density at radius 3 is 2.50 bits per heavy atom. The molecule has 0 saturated heterocycles. The molecular formula is C21H28BrNO. The first kappa shape index (κ1) is 16.6. The molecule has 4 bridgehead atoms. The molecule has 130 valence electrons. The molecule has 2 unspecified atom stereocenters. The van der Waals surface area contributed by atoms with E-state index in [1.165, 1.54) is 49.7 Å². The number of hydrogen-bond donors (Lipinski definition) is 0. The Hall–Kier alpha value is -0.830. The van der Waals surface area contributed by atoms with Gasteiger partial charge >= 0.3 is 0 Å². The average molecular weight is 390 g/mol. The van der Waals surface area contributed by atoms with Crippen molar-refractivity contribution in [3.63, 3.8) is 0 Å². The molecular weight excluding hydrogens is 362 g/mol. The Morgan fingerprint density at radius 2 is 1.88 bits per heavy atom. The highest BCUT2D eigenvalue weighted by Gasteiger charge is 2.57. The summed E-state index contributed by atoms with van der Waals surface area (Å²) in [5.74, 6) is 2.02. The van der Waals surface area contributed by atoms with E-state index in [0.29, 0.717) is 10.2 Å². The molecule has 5 rings (SSSR count). The van der Waals surface area contributed by atoms with Crippen LogP contribution in [0, 0.1) is 24.2 Å². The highest BCUT2D eigenvalue weighted by molar-refractivity contribution is 9.10. The van der Waals surface area contributed by atoms with Crippen LogP contribution in [-0.4, -0.2) is 22.2 Å². The van der Waals surface area contributed by atoms with E-state index in [0.717, 1.165) is 24.8 Å². The van der Waals surface area contributed by atoms with Gasteiger partial charge in [0.1, 0.15) is 0 Å². The minimum Gasteiger partial charge on any atom is -0.341 e. The van der Waals surface area contributed by atoms with Crippen LogP contribution in [0.25, 0.3) is 0 Å². The molecule has 1 aromatic carbocycles. The molecule has 4 saturated carbocycles. The van der Waals surface area contributed by atoms with Gasteiger partial charge in [-0.2, -0.15) is 0 Å². The lowest BCUT2D eigenvalue weighted by Gasteiger charge is -2.60. The number of rotatable bonds is 4. The summed E-state index contributed by atoms with van der Waals surface area (Å²) in [4.78, 5) is 14.9. The van der Waals surface area contributed by atoms with Crippen molar-refractivity contribution < 1.29 is 4.79 Å². The third kappa shape index (κ3) is 3.05.